The van der Waals surface area contributed by atoms with Crippen molar-refractivity contribution < 1.29 is 4.79 Å². The number of anilines is 1. The molecule has 0 fully saturated rings. The van der Waals surface area contributed by atoms with Gasteiger partial charge in [0, 0.05) is 13.1 Å². The van der Waals surface area contributed by atoms with Gasteiger partial charge in [-0.1, -0.05) is 6.92 Å². The normalized spacial score (nSPS) is 11.9. The molecule has 0 radical (unpaired) electrons. The summed E-state index contributed by atoms with van der Waals surface area (Å²) in [7, 11) is 1.75. The maximum atomic E-state index is 11.6. The van der Waals surface area contributed by atoms with Crippen LogP contribution in [-0.2, 0) is 0 Å². The van der Waals surface area contributed by atoms with Gasteiger partial charge < -0.3 is 10.6 Å². The molecule has 0 spiro atoms. The lowest BCUT2D eigenvalue weighted by molar-refractivity contribution is 0.0933. The van der Waals surface area contributed by atoms with Crippen LogP contribution in [0.3, 0.4) is 0 Å². The van der Waals surface area contributed by atoms with Crippen molar-refractivity contribution in [2.45, 2.75) is 26.3 Å². The number of aromatic nitrogens is 2. The van der Waals surface area contributed by atoms with Crippen LogP contribution < -0.4 is 10.6 Å². The number of rotatable bonds is 4. The van der Waals surface area contributed by atoms with Crippen molar-refractivity contribution in [3.63, 3.8) is 0 Å². The van der Waals surface area contributed by atoms with Crippen molar-refractivity contribution >= 4 is 11.7 Å². The number of hydrogen-bond donors (Lipinski definition) is 2. The van der Waals surface area contributed by atoms with E-state index in [4.69, 9.17) is 0 Å². The van der Waals surface area contributed by atoms with Crippen molar-refractivity contribution in [3.8, 4) is 0 Å². The Morgan fingerprint density at radius 3 is 2.67 bits per heavy atom. The van der Waals surface area contributed by atoms with Crippen LogP contribution in [0.15, 0.2) is 12.1 Å². The van der Waals surface area contributed by atoms with E-state index in [9.17, 15) is 4.79 Å². The van der Waals surface area contributed by atoms with Crippen molar-refractivity contribution in [2.75, 3.05) is 12.4 Å². The summed E-state index contributed by atoms with van der Waals surface area (Å²) in [6.07, 6.45) is 0.897. The molecule has 1 amide bonds. The van der Waals surface area contributed by atoms with Crippen molar-refractivity contribution in [1.82, 2.24) is 15.5 Å². The van der Waals surface area contributed by atoms with Crippen LogP contribution in [0.1, 0.15) is 30.8 Å². The van der Waals surface area contributed by atoms with Crippen molar-refractivity contribution in [1.29, 1.82) is 0 Å². The quantitative estimate of drug-likeness (QED) is 0.776. The number of nitrogens with zero attached hydrogens (tertiary/aromatic N) is 2. The van der Waals surface area contributed by atoms with E-state index >= 15 is 0 Å². The Kier molecular flexibility index (Phi) is 4.03. The lowest BCUT2D eigenvalue weighted by Crippen LogP contribution is -2.32. The summed E-state index contributed by atoms with van der Waals surface area (Å²) in [6.45, 7) is 3.97. The fourth-order valence-corrected chi connectivity index (χ4v) is 0.986. The van der Waals surface area contributed by atoms with Gasteiger partial charge in [-0.25, -0.2) is 0 Å². The first-order chi connectivity index (χ1) is 7.17. The molecule has 1 aromatic heterocycles. The lowest BCUT2D eigenvalue weighted by atomic mass is 10.2. The molecule has 5 heteroatoms. The summed E-state index contributed by atoms with van der Waals surface area (Å²) in [5, 5.41) is 13.3. The zero-order valence-electron chi connectivity index (χ0n) is 9.24. The lowest BCUT2D eigenvalue weighted by Gasteiger charge is -2.10. The fourth-order valence-electron chi connectivity index (χ4n) is 0.986. The summed E-state index contributed by atoms with van der Waals surface area (Å²) >= 11 is 0. The second-order valence-corrected chi connectivity index (χ2v) is 3.34. The molecular weight excluding hydrogens is 192 g/mol. The van der Waals surface area contributed by atoms with E-state index in [0.29, 0.717) is 11.5 Å². The van der Waals surface area contributed by atoms with E-state index in [-0.39, 0.29) is 11.9 Å². The molecule has 1 aromatic rings. The third-order valence-corrected chi connectivity index (χ3v) is 2.14. The number of nitrogens with one attached hydrogen (secondary N) is 2. The molecule has 2 N–H and O–H groups in total. The SMILES string of the molecule is CCC(C)NC(=O)c1ccc(NC)nn1. The molecule has 1 rings (SSSR count). The van der Waals surface area contributed by atoms with E-state index in [1.807, 2.05) is 13.8 Å². The largest absolute Gasteiger partial charge is 0.372 e. The Balaban J connectivity index is 2.66. The van der Waals surface area contributed by atoms with Gasteiger partial charge in [-0.15, -0.1) is 10.2 Å². The number of carbonyl (C=O) groups excluding carboxylic acids is 1. The van der Waals surface area contributed by atoms with Crippen LogP contribution in [0.2, 0.25) is 0 Å². The molecule has 5 nitrogen and oxygen atoms in total. The Bertz CT molecular complexity index is 323. The summed E-state index contributed by atoms with van der Waals surface area (Å²) in [5.41, 5.74) is 0.342. The van der Waals surface area contributed by atoms with Crippen LogP contribution in [-0.4, -0.2) is 29.2 Å². The Morgan fingerprint density at radius 1 is 1.47 bits per heavy atom. The van der Waals surface area contributed by atoms with Gasteiger partial charge in [0.15, 0.2) is 5.69 Å². The third kappa shape index (κ3) is 3.19. The first-order valence-corrected chi connectivity index (χ1v) is 4.99. The third-order valence-electron chi connectivity index (χ3n) is 2.14. The van der Waals surface area contributed by atoms with E-state index in [1.165, 1.54) is 0 Å². The average Bonchev–Trinajstić information content (AvgIpc) is 2.29. The highest BCUT2D eigenvalue weighted by atomic mass is 16.2. The highest BCUT2D eigenvalue weighted by molar-refractivity contribution is 5.92. The van der Waals surface area contributed by atoms with Crippen LogP contribution in [0.25, 0.3) is 0 Å². The van der Waals surface area contributed by atoms with Gasteiger partial charge in [0.05, 0.1) is 0 Å². The maximum absolute atomic E-state index is 11.6. The van der Waals surface area contributed by atoms with Crippen LogP contribution in [0.5, 0.6) is 0 Å². The van der Waals surface area contributed by atoms with Crippen molar-refractivity contribution in [2.24, 2.45) is 0 Å². The van der Waals surface area contributed by atoms with Gasteiger partial charge in [-0.3, -0.25) is 4.79 Å². The molecule has 15 heavy (non-hydrogen) atoms. The molecule has 0 saturated heterocycles. The summed E-state index contributed by atoms with van der Waals surface area (Å²) in [4.78, 5) is 11.6. The molecule has 1 atom stereocenters. The second kappa shape index (κ2) is 5.29. The van der Waals surface area contributed by atoms with Gasteiger partial charge in [-0.05, 0) is 25.5 Å². The number of carbonyl (C=O) groups is 1. The first kappa shape index (κ1) is 11.4. The Hall–Kier alpha value is -1.65. The molecule has 1 heterocycles. The standard InChI is InChI=1S/C10H16N4O/c1-4-7(2)12-10(15)8-5-6-9(11-3)14-13-8/h5-7H,4H2,1-3H3,(H,11,14)(H,12,15). The molecule has 0 aromatic carbocycles. The molecule has 0 aliphatic heterocycles. The van der Waals surface area contributed by atoms with Crippen LogP contribution in [0, 0.1) is 0 Å². The van der Waals surface area contributed by atoms with E-state index in [2.05, 4.69) is 20.8 Å². The molecule has 1 unspecified atom stereocenters. The topological polar surface area (TPSA) is 66.9 Å². The zero-order valence-corrected chi connectivity index (χ0v) is 9.24. The maximum Gasteiger partial charge on any atom is 0.272 e. The molecule has 0 aliphatic carbocycles. The number of hydrogen-bond acceptors (Lipinski definition) is 4. The smallest absolute Gasteiger partial charge is 0.272 e. The minimum atomic E-state index is -0.181. The average molecular weight is 208 g/mol. The minimum absolute atomic E-state index is 0.156. The van der Waals surface area contributed by atoms with E-state index < -0.39 is 0 Å². The van der Waals surface area contributed by atoms with Crippen molar-refractivity contribution in [3.05, 3.63) is 17.8 Å². The Labute approximate surface area is 89.3 Å². The van der Waals surface area contributed by atoms with Crippen LogP contribution >= 0.6 is 0 Å². The Morgan fingerprint density at radius 2 is 2.20 bits per heavy atom. The highest BCUT2D eigenvalue weighted by Crippen LogP contribution is 2.01. The summed E-state index contributed by atoms with van der Waals surface area (Å²) in [6, 6.07) is 3.53. The zero-order chi connectivity index (χ0) is 11.3. The second-order valence-electron chi connectivity index (χ2n) is 3.34. The molecular formula is C10H16N4O. The first-order valence-electron chi connectivity index (χ1n) is 4.99. The number of amides is 1. The van der Waals surface area contributed by atoms with Gasteiger partial charge in [0.1, 0.15) is 5.82 Å². The monoisotopic (exact) mass is 208 g/mol. The van der Waals surface area contributed by atoms with Gasteiger partial charge in [0.25, 0.3) is 5.91 Å². The predicted molar refractivity (Wildman–Crippen MR) is 58.8 cm³/mol. The molecule has 0 bridgehead atoms. The summed E-state index contributed by atoms with van der Waals surface area (Å²) in [5.74, 6) is 0.467. The molecule has 0 saturated carbocycles. The van der Waals surface area contributed by atoms with Crippen LogP contribution in [0.4, 0.5) is 5.82 Å². The predicted octanol–water partition coefficient (Wildman–Crippen LogP) is 1.05. The fraction of sp³-hybridized carbons (Fsp3) is 0.500. The van der Waals surface area contributed by atoms with Gasteiger partial charge in [0.2, 0.25) is 0 Å². The van der Waals surface area contributed by atoms with E-state index in [0.717, 1.165) is 6.42 Å². The molecule has 82 valence electrons. The minimum Gasteiger partial charge on any atom is -0.372 e. The highest BCUT2D eigenvalue weighted by Gasteiger charge is 2.09. The molecule has 0 aliphatic rings. The van der Waals surface area contributed by atoms with Gasteiger partial charge >= 0.3 is 0 Å². The van der Waals surface area contributed by atoms with E-state index in [1.54, 1.807) is 19.2 Å². The summed E-state index contributed by atoms with van der Waals surface area (Å²) < 4.78 is 0. The van der Waals surface area contributed by atoms with Gasteiger partial charge in [-0.2, -0.15) is 0 Å².